The minimum Gasteiger partial charge on any atom is -0.354 e. The number of rotatable bonds is 3. The van der Waals surface area contributed by atoms with Gasteiger partial charge in [-0.2, -0.15) is 5.26 Å². The molecule has 0 spiro atoms. The average Bonchev–Trinajstić information content (AvgIpc) is 2.42. The quantitative estimate of drug-likeness (QED) is 0.915. The summed E-state index contributed by atoms with van der Waals surface area (Å²) < 4.78 is 13.8. The molecule has 0 unspecified atom stereocenters. The molecule has 0 aliphatic carbocycles. The molecule has 0 atom stereocenters. The molecule has 1 heterocycles. The Kier molecular flexibility index (Phi) is 4.70. The van der Waals surface area contributed by atoms with E-state index in [1.54, 1.807) is 12.1 Å². The van der Waals surface area contributed by atoms with Crippen LogP contribution in [0, 0.1) is 17.1 Å². The lowest BCUT2D eigenvalue weighted by atomic mass is 10.0. The van der Waals surface area contributed by atoms with Crippen LogP contribution in [0.1, 0.15) is 30.9 Å². The number of piperidine rings is 1. The van der Waals surface area contributed by atoms with Gasteiger partial charge in [0.05, 0.1) is 11.6 Å². The summed E-state index contributed by atoms with van der Waals surface area (Å²) in [6, 6.07) is 6.75. The molecule has 1 saturated heterocycles. The predicted molar refractivity (Wildman–Crippen MR) is 73.2 cm³/mol. The predicted octanol–water partition coefficient (Wildman–Crippen LogP) is 1.80. The molecule has 1 N–H and O–H groups in total. The lowest BCUT2D eigenvalue weighted by Crippen LogP contribution is -2.43. The number of nitrogens with one attached hydrogen (secondary N) is 1. The zero-order chi connectivity index (χ0) is 14.5. The summed E-state index contributed by atoms with van der Waals surface area (Å²) in [7, 11) is 0. The molecular formula is C15H18FN3O. The van der Waals surface area contributed by atoms with Gasteiger partial charge in [0.15, 0.2) is 0 Å². The Morgan fingerprint density at radius 2 is 2.20 bits per heavy atom. The van der Waals surface area contributed by atoms with E-state index in [0.717, 1.165) is 25.9 Å². The number of halogens is 1. The Morgan fingerprint density at radius 3 is 2.75 bits per heavy atom. The lowest BCUT2D eigenvalue weighted by molar-refractivity contribution is -0.119. The smallest absolute Gasteiger partial charge is 0.217 e. The molecule has 1 aromatic rings. The summed E-state index contributed by atoms with van der Waals surface area (Å²) in [5.41, 5.74) is 0.956. The summed E-state index contributed by atoms with van der Waals surface area (Å²) in [5.74, 6) is -0.324. The summed E-state index contributed by atoms with van der Waals surface area (Å²) in [5, 5.41) is 11.6. The third kappa shape index (κ3) is 3.78. The van der Waals surface area contributed by atoms with Crippen LogP contribution in [-0.2, 0) is 11.3 Å². The molecule has 0 saturated carbocycles. The van der Waals surface area contributed by atoms with Crippen molar-refractivity contribution < 1.29 is 9.18 Å². The van der Waals surface area contributed by atoms with Gasteiger partial charge in [0.2, 0.25) is 5.91 Å². The van der Waals surface area contributed by atoms with Gasteiger partial charge in [-0.15, -0.1) is 0 Å². The Balaban J connectivity index is 1.90. The first-order valence-corrected chi connectivity index (χ1v) is 6.76. The molecule has 0 bridgehead atoms. The van der Waals surface area contributed by atoms with Crippen molar-refractivity contribution in [1.29, 1.82) is 5.26 Å². The largest absolute Gasteiger partial charge is 0.354 e. The van der Waals surface area contributed by atoms with Gasteiger partial charge in [0, 0.05) is 38.2 Å². The van der Waals surface area contributed by atoms with E-state index in [1.807, 2.05) is 6.07 Å². The first-order valence-electron chi connectivity index (χ1n) is 6.76. The normalized spacial score (nSPS) is 16.6. The molecule has 2 rings (SSSR count). The maximum Gasteiger partial charge on any atom is 0.217 e. The minimum absolute atomic E-state index is 0.00147. The highest BCUT2D eigenvalue weighted by molar-refractivity contribution is 5.73. The highest BCUT2D eigenvalue weighted by atomic mass is 19.1. The maximum atomic E-state index is 13.8. The van der Waals surface area contributed by atoms with Crippen LogP contribution >= 0.6 is 0 Å². The monoisotopic (exact) mass is 275 g/mol. The van der Waals surface area contributed by atoms with Gasteiger partial charge in [-0.3, -0.25) is 9.69 Å². The topological polar surface area (TPSA) is 56.1 Å². The van der Waals surface area contributed by atoms with Gasteiger partial charge in [-0.05, 0) is 25.0 Å². The molecule has 0 radical (unpaired) electrons. The fourth-order valence-corrected chi connectivity index (χ4v) is 2.51. The van der Waals surface area contributed by atoms with Crippen LogP contribution in [0.3, 0.4) is 0 Å². The molecule has 1 aromatic carbocycles. The van der Waals surface area contributed by atoms with E-state index < -0.39 is 0 Å². The van der Waals surface area contributed by atoms with Gasteiger partial charge >= 0.3 is 0 Å². The number of nitriles is 1. The van der Waals surface area contributed by atoms with Crippen LogP contribution in [0.5, 0.6) is 0 Å². The molecule has 1 aliphatic heterocycles. The summed E-state index contributed by atoms with van der Waals surface area (Å²) >= 11 is 0. The minimum atomic E-state index is -0.326. The zero-order valence-electron chi connectivity index (χ0n) is 11.5. The van der Waals surface area contributed by atoms with Crippen molar-refractivity contribution >= 4 is 5.91 Å². The number of likely N-dealkylation sites (tertiary alicyclic amines) is 1. The van der Waals surface area contributed by atoms with Crippen LogP contribution in [0.25, 0.3) is 0 Å². The zero-order valence-corrected chi connectivity index (χ0v) is 11.5. The third-order valence-electron chi connectivity index (χ3n) is 3.57. The molecule has 106 valence electrons. The van der Waals surface area contributed by atoms with Crippen molar-refractivity contribution in [1.82, 2.24) is 10.2 Å². The highest BCUT2D eigenvalue weighted by Gasteiger charge is 2.20. The molecule has 1 fully saturated rings. The highest BCUT2D eigenvalue weighted by Crippen LogP contribution is 2.16. The standard InChI is InChI=1S/C15H18FN3O/c1-11(20)18-14-4-6-19(7-5-14)10-13-3-2-12(9-17)8-15(13)16/h2-3,8,14H,4-7,10H2,1H3,(H,18,20). The summed E-state index contributed by atoms with van der Waals surface area (Å²) in [6.07, 6.45) is 1.77. The number of benzene rings is 1. The molecule has 0 aromatic heterocycles. The SMILES string of the molecule is CC(=O)NC1CCN(Cc2ccc(C#N)cc2F)CC1. The lowest BCUT2D eigenvalue weighted by Gasteiger charge is -2.32. The van der Waals surface area contributed by atoms with Crippen molar-refractivity contribution in [2.24, 2.45) is 0 Å². The van der Waals surface area contributed by atoms with Gasteiger partial charge < -0.3 is 5.32 Å². The fraction of sp³-hybridized carbons (Fsp3) is 0.467. The number of nitrogens with zero attached hydrogens (tertiary/aromatic N) is 2. The second-order valence-corrected chi connectivity index (χ2v) is 5.17. The van der Waals surface area contributed by atoms with Crippen molar-refractivity contribution in [2.75, 3.05) is 13.1 Å². The second-order valence-electron chi connectivity index (χ2n) is 5.17. The van der Waals surface area contributed by atoms with Crippen LogP contribution in [0.4, 0.5) is 4.39 Å². The van der Waals surface area contributed by atoms with E-state index in [-0.39, 0.29) is 17.8 Å². The summed E-state index contributed by atoms with van der Waals surface area (Å²) in [6.45, 7) is 3.75. The third-order valence-corrected chi connectivity index (χ3v) is 3.57. The van der Waals surface area contributed by atoms with Crippen molar-refractivity contribution in [2.45, 2.75) is 32.4 Å². The van der Waals surface area contributed by atoms with E-state index in [9.17, 15) is 9.18 Å². The van der Waals surface area contributed by atoms with Crippen LogP contribution in [0.2, 0.25) is 0 Å². The average molecular weight is 275 g/mol. The number of amides is 1. The first kappa shape index (κ1) is 14.5. The van der Waals surface area contributed by atoms with E-state index in [2.05, 4.69) is 10.2 Å². The number of carbonyl (C=O) groups is 1. The van der Waals surface area contributed by atoms with E-state index in [4.69, 9.17) is 5.26 Å². The van der Waals surface area contributed by atoms with E-state index >= 15 is 0 Å². The Morgan fingerprint density at radius 1 is 1.50 bits per heavy atom. The van der Waals surface area contributed by atoms with Crippen LogP contribution < -0.4 is 5.32 Å². The number of carbonyl (C=O) groups excluding carboxylic acids is 1. The van der Waals surface area contributed by atoms with Gasteiger partial charge in [-0.1, -0.05) is 6.07 Å². The fourth-order valence-electron chi connectivity index (χ4n) is 2.51. The summed E-state index contributed by atoms with van der Waals surface area (Å²) in [4.78, 5) is 13.2. The van der Waals surface area contributed by atoms with Gasteiger partial charge in [0.25, 0.3) is 0 Å². The van der Waals surface area contributed by atoms with Gasteiger partial charge in [0.1, 0.15) is 5.82 Å². The molecular weight excluding hydrogens is 257 g/mol. The van der Waals surface area contributed by atoms with E-state index in [0.29, 0.717) is 17.7 Å². The van der Waals surface area contributed by atoms with Gasteiger partial charge in [-0.25, -0.2) is 4.39 Å². The molecule has 20 heavy (non-hydrogen) atoms. The first-order chi connectivity index (χ1) is 9.58. The van der Waals surface area contributed by atoms with E-state index in [1.165, 1.54) is 13.0 Å². The van der Waals surface area contributed by atoms with Crippen LogP contribution in [-0.4, -0.2) is 29.9 Å². The van der Waals surface area contributed by atoms with Crippen LogP contribution in [0.15, 0.2) is 18.2 Å². The molecule has 1 aliphatic rings. The Hall–Kier alpha value is -1.93. The second kappa shape index (κ2) is 6.49. The molecule has 1 amide bonds. The molecule has 5 heteroatoms. The van der Waals surface area contributed by atoms with Crippen molar-refractivity contribution in [3.63, 3.8) is 0 Å². The number of hydrogen-bond acceptors (Lipinski definition) is 3. The van der Waals surface area contributed by atoms with Crippen molar-refractivity contribution in [3.05, 3.63) is 35.1 Å². The van der Waals surface area contributed by atoms with Crippen molar-refractivity contribution in [3.8, 4) is 6.07 Å². The maximum absolute atomic E-state index is 13.8. The Labute approximate surface area is 118 Å². The molecule has 4 nitrogen and oxygen atoms in total. The Bertz CT molecular complexity index is 530. The number of hydrogen-bond donors (Lipinski definition) is 1.